The third kappa shape index (κ3) is 8.30. The van der Waals surface area contributed by atoms with E-state index >= 15 is 0 Å². The van der Waals surface area contributed by atoms with Crippen LogP contribution in [0.4, 0.5) is 17.1 Å². The van der Waals surface area contributed by atoms with Crippen LogP contribution < -0.4 is 4.90 Å². The highest BCUT2D eigenvalue weighted by Crippen LogP contribution is 2.51. The molecule has 1 aliphatic rings. The van der Waals surface area contributed by atoms with Crippen molar-refractivity contribution in [3.63, 3.8) is 0 Å². The van der Waals surface area contributed by atoms with Crippen LogP contribution in [0.1, 0.15) is 25.0 Å². The van der Waals surface area contributed by atoms with Gasteiger partial charge < -0.3 is 9.47 Å². The number of benzene rings is 10. The molecule has 11 aromatic rings. The molecule has 2 heteroatoms. The highest BCUT2D eigenvalue weighted by molar-refractivity contribution is 6.20. The Bertz CT molecular complexity index is 3700. The monoisotopic (exact) mass is 910 g/mol. The van der Waals surface area contributed by atoms with E-state index in [4.69, 9.17) is 0 Å². The van der Waals surface area contributed by atoms with Gasteiger partial charge in [0, 0.05) is 44.5 Å². The highest BCUT2D eigenvalue weighted by Gasteiger charge is 2.35. The smallest absolute Gasteiger partial charge is 0.0625 e. The van der Waals surface area contributed by atoms with Crippen molar-refractivity contribution in [3.05, 3.63) is 291 Å². The van der Waals surface area contributed by atoms with Crippen LogP contribution in [-0.2, 0) is 5.41 Å². The zero-order valence-electron chi connectivity index (χ0n) is 40.2. The lowest BCUT2D eigenvalue weighted by atomic mass is 9.82. The third-order valence-corrected chi connectivity index (χ3v) is 14.0. The van der Waals surface area contributed by atoms with Crippen molar-refractivity contribution in [3.8, 4) is 61.3 Å². The first-order valence-corrected chi connectivity index (χ1v) is 24.4. The quantitative estimate of drug-likeness (QED) is 0.124. The van der Waals surface area contributed by atoms with Crippen LogP contribution in [0.25, 0.3) is 83.1 Å². The second-order valence-corrected chi connectivity index (χ2v) is 18.6. The summed E-state index contributed by atoms with van der Waals surface area (Å²) in [6, 6.07) is 88.8. The van der Waals surface area contributed by atoms with E-state index in [9.17, 15) is 0 Å². The molecule has 1 aromatic heterocycles. The minimum atomic E-state index is -0.112. The number of para-hydroxylation sites is 1. The third-order valence-electron chi connectivity index (χ3n) is 14.0. The molecule has 0 saturated heterocycles. The van der Waals surface area contributed by atoms with E-state index in [0.717, 1.165) is 22.7 Å². The largest absolute Gasteiger partial charge is 0.310 e. The number of fused-ring (bicyclic) bond motifs is 6. The first-order valence-electron chi connectivity index (χ1n) is 24.4. The van der Waals surface area contributed by atoms with Crippen LogP contribution in [0.3, 0.4) is 0 Å². The molecule has 0 atom stereocenters. The van der Waals surface area contributed by atoms with Gasteiger partial charge in [-0.05, 0) is 122 Å². The summed E-state index contributed by atoms with van der Waals surface area (Å²) in [5.74, 6) is 0. The molecule has 0 unspecified atom stereocenters. The summed E-state index contributed by atoms with van der Waals surface area (Å²) in [5.41, 5.74) is 21.8. The predicted octanol–water partition coefficient (Wildman–Crippen LogP) is 19.1. The molecule has 0 radical (unpaired) electrons. The van der Waals surface area contributed by atoms with Gasteiger partial charge in [-0.25, -0.2) is 0 Å². The number of nitrogens with zero attached hydrogens (tertiary/aromatic N) is 2. The van der Waals surface area contributed by atoms with E-state index in [-0.39, 0.29) is 5.41 Å². The average molecular weight is 911 g/mol. The van der Waals surface area contributed by atoms with E-state index in [1.165, 1.54) is 88.6 Å². The number of hydrogen-bond donors (Lipinski definition) is 0. The van der Waals surface area contributed by atoms with Gasteiger partial charge in [-0.1, -0.05) is 233 Å². The standard InChI is InChI=1S/C63H46N2.C6H8/c1-63(2)58-26-16-15-25-55(58)56-37-36-52(42-59(56)63)64(50-32-27-44(28-33-50)43-17-7-3-8-18-43)51-34-29-45(30-35-51)48-31-40-60-57(41-48)61-53(46-19-9-4-10-20-46)38-39-54(47-21-11-5-12-22-47)62(61)65(60)49-23-13-6-14-24-49;1-3-5-6-4-2/h3-42H,1-2H3;3-6H,1-2H2/b;6-5-. The van der Waals surface area contributed by atoms with Crippen molar-refractivity contribution < 1.29 is 0 Å². The van der Waals surface area contributed by atoms with Crippen molar-refractivity contribution in [2.45, 2.75) is 19.3 Å². The first-order chi connectivity index (χ1) is 34.9. The second kappa shape index (κ2) is 19.2. The molecule has 0 amide bonds. The summed E-state index contributed by atoms with van der Waals surface area (Å²) in [5, 5.41) is 2.48. The van der Waals surface area contributed by atoms with Gasteiger partial charge in [0.2, 0.25) is 0 Å². The van der Waals surface area contributed by atoms with Gasteiger partial charge >= 0.3 is 0 Å². The summed E-state index contributed by atoms with van der Waals surface area (Å²) in [6.45, 7) is 11.6. The lowest BCUT2D eigenvalue weighted by Crippen LogP contribution is -2.16. The maximum atomic E-state index is 3.46. The fraction of sp³-hybridized carbons (Fsp3) is 0.0435. The molecule has 12 rings (SSSR count). The second-order valence-electron chi connectivity index (χ2n) is 18.6. The van der Waals surface area contributed by atoms with Crippen LogP contribution >= 0.6 is 0 Å². The van der Waals surface area contributed by atoms with Crippen molar-refractivity contribution in [1.82, 2.24) is 4.57 Å². The molecular weight excluding hydrogens is 857 g/mol. The van der Waals surface area contributed by atoms with Gasteiger partial charge in [0.1, 0.15) is 0 Å². The molecule has 0 fully saturated rings. The first kappa shape index (κ1) is 44.5. The Kier molecular flexibility index (Phi) is 12.0. The van der Waals surface area contributed by atoms with Crippen LogP contribution in [-0.4, -0.2) is 4.57 Å². The molecule has 0 saturated carbocycles. The van der Waals surface area contributed by atoms with Gasteiger partial charge in [-0.2, -0.15) is 0 Å². The Morgan fingerprint density at radius 3 is 1.44 bits per heavy atom. The SMILES string of the molecule is C=C/C=C\C=C.CC1(C)c2ccccc2-c2ccc(N(c3ccc(-c4ccccc4)cc3)c3ccc(-c4ccc5c(c4)c4c(-c6ccccc6)ccc(-c6ccccc6)c4n5-c4ccccc4)cc3)cc21. The lowest BCUT2D eigenvalue weighted by Gasteiger charge is -2.28. The van der Waals surface area contributed by atoms with E-state index in [1.54, 1.807) is 12.2 Å². The Morgan fingerprint density at radius 2 is 0.831 bits per heavy atom. The Balaban J connectivity index is 0.000000860. The molecular formula is C69H54N2. The molecule has 0 bridgehead atoms. The predicted molar refractivity (Wildman–Crippen MR) is 304 cm³/mol. The molecule has 1 aliphatic carbocycles. The fourth-order valence-electron chi connectivity index (χ4n) is 10.6. The van der Waals surface area contributed by atoms with Crippen LogP contribution in [0, 0.1) is 0 Å². The number of allylic oxidation sites excluding steroid dienone is 4. The summed E-state index contributed by atoms with van der Waals surface area (Å²) in [4.78, 5) is 2.41. The van der Waals surface area contributed by atoms with Crippen molar-refractivity contribution in [2.24, 2.45) is 0 Å². The zero-order valence-corrected chi connectivity index (χ0v) is 40.2. The van der Waals surface area contributed by atoms with E-state index in [2.05, 4.69) is 279 Å². The molecule has 10 aromatic carbocycles. The van der Waals surface area contributed by atoms with Gasteiger partial charge in [0.15, 0.2) is 0 Å². The molecule has 340 valence electrons. The zero-order chi connectivity index (χ0) is 48.3. The Hall–Kier alpha value is -8.98. The molecule has 2 nitrogen and oxygen atoms in total. The highest BCUT2D eigenvalue weighted by atomic mass is 15.1. The molecule has 71 heavy (non-hydrogen) atoms. The molecule has 0 N–H and O–H groups in total. The van der Waals surface area contributed by atoms with Gasteiger partial charge in [0.05, 0.1) is 11.0 Å². The van der Waals surface area contributed by atoms with Crippen LogP contribution in [0.5, 0.6) is 0 Å². The van der Waals surface area contributed by atoms with Gasteiger partial charge in [-0.15, -0.1) is 0 Å². The minimum Gasteiger partial charge on any atom is -0.310 e. The van der Waals surface area contributed by atoms with Gasteiger partial charge in [0.25, 0.3) is 0 Å². The number of hydrogen-bond acceptors (Lipinski definition) is 1. The molecule has 0 aliphatic heterocycles. The number of anilines is 3. The van der Waals surface area contributed by atoms with E-state index < -0.39 is 0 Å². The van der Waals surface area contributed by atoms with Crippen molar-refractivity contribution in [1.29, 1.82) is 0 Å². The summed E-state index contributed by atoms with van der Waals surface area (Å²) in [6.07, 6.45) is 7.07. The summed E-state index contributed by atoms with van der Waals surface area (Å²) in [7, 11) is 0. The minimum absolute atomic E-state index is 0.112. The molecule has 1 heterocycles. The maximum absolute atomic E-state index is 3.46. The summed E-state index contributed by atoms with van der Waals surface area (Å²) < 4.78 is 2.46. The number of aromatic nitrogens is 1. The Morgan fingerprint density at radius 1 is 0.380 bits per heavy atom. The van der Waals surface area contributed by atoms with Crippen LogP contribution in [0.15, 0.2) is 280 Å². The number of rotatable bonds is 10. The van der Waals surface area contributed by atoms with Gasteiger partial charge in [-0.3, -0.25) is 0 Å². The summed E-state index contributed by atoms with van der Waals surface area (Å²) >= 11 is 0. The van der Waals surface area contributed by atoms with E-state index in [1.807, 2.05) is 12.2 Å². The maximum Gasteiger partial charge on any atom is 0.0625 e. The fourth-order valence-corrected chi connectivity index (χ4v) is 10.6. The average Bonchev–Trinajstić information content (AvgIpc) is 3.90. The molecule has 0 spiro atoms. The van der Waals surface area contributed by atoms with Crippen molar-refractivity contribution in [2.75, 3.05) is 4.90 Å². The van der Waals surface area contributed by atoms with E-state index in [0.29, 0.717) is 0 Å². The Labute approximate surface area is 418 Å². The normalized spacial score (nSPS) is 12.3. The topological polar surface area (TPSA) is 8.17 Å². The van der Waals surface area contributed by atoms with Crippen LogP contribution in [0.2, 0.25) is 0 Å². The lowest BCUT2D eigenvalue weighted by molar-refractivity contribution is 0.660. The van der Waals surface area contributed by atoms with Crippen molar-refractivity contribution >= 4 is 38.9 Å².